The first kappa shape index (κ1) is 27.5. The molecular formula is C2H7FN2. The first-order chi connectivity index (χ1) is 1.41. The molecule has 0 aliphatic rings. The summed E-state index contributed by atoms with van der Waals surface area (Å²) in [6.45, 7) is 0. The van der Waals surface area contributed by atoms with Crippen LogP contribution in [0, 0.1) is 10.8 Å². The van der Waals surface area contributed by atoms with Gasteiger partial charge in [0.1, 0.15) is 0 Å². The average molecular weight is 78.1 g/mol. The van der Waals surface area contributed by atoms with Gasteiger partial charge in [0, 0.05) is 0 Å². The topological polar surface area (TPSA) is 47.7 Å². The van der Waals surface area contributed by atoms with E-state index in [9.17, 15) is 0 Å². The van der Waals surface area contributed by atoms with E-state index in [1.807, 2.05) is 0 Å². The minimum Gasteiger partial charge on any atom is -0.269 e. The van der Waals surface area contributed by atoms with Gasteiger partial charge in [-0.05, 0) is 0 Å². The maximum atomic E-state index is 5.62. The molecule has 2 N–H and O–H groups in total. The summed E-state index contributed by atoms with van der Waals surface area (Å²) in [5.41, 5.74) is 0. The summed E-state index contributed by atoms with van der Waals surface area (Å²) in [7, 11) is 0. The summed E-state index contributed by atoms with van der Waals surface area (Å²) < 4.78 is 0. The lowest BCUT2D eigenvalue weighted by atomic mass is 11.6. The maximum absolute atomic E-state index is 5.62. The van der Waals surface area contributed by atoms with Crippen molar-refractivity contribution in [2.24, 2.45) is 0 Å². The Morgan fingerprint density at radius 1 is 1.20 bits per heavy atom. The van der Waals surface area contributed by atoms with Crippen LogP contribution in [0.1, 0.15) is 7.43 Å². The van der Waals surface area contributed by atoms with Crippen LogP contribution in [0.5, 0.6) is 0 Å². The molecule has 3 heteroatoms. The van der Waals surface area contributed by atoms with Crippen molar-refractivity contribution in [2.45, 2.75) is 7.43 Å². The molecule has 0 aromatic carbocycles. The van der Waals surface area contributed by atoms with Crippen LogP contribution in [-0.4, -0.2) is 6.01 Å². The SMILES string of the molecule is C.F.N=C=N. The van der Waals surface area contributed by atoms with Gasteiger partial charge in [0.2, 0.25) is 0 Å². The lowest BCUT2D eigenvalue weighted by Crippen LogP contribution is -1.11. The molecule has 5 heavy (non-hydrogen) atoms. The largest absolute Gasteiger partial charge is 0.269 e. The van der Waals surface area contributed by atoms with Crippen LogP contribution in [0.4, 0.5) is 4.70 Å². The standard InChI is InChI=1S/CH2N2.CH4.FH/c2-1-3;;/h2-3H;1H4;1H. The minimum absolute atomic E-state index is 0. The lowest BCUT2D eigenvalue weighted by Gasteiger charge is -1.09. The fourth-order valence-electron chi connectivity index (χ4n) is 0. The van der Waals surface area contributed by atoms with Gasteiger partial charge >= 0.3 is 0 Å². The zero-order chi connectivity index (χ0) is 2.71. The van der Waals surface area contributed by atoms with Crippen molar-refractivity contribution in [3.8, 4) is 0 Å². The van der Waals surface area contributed by atoms with Crippen molar-refractivity contribution >= 4 is 6.01 Å². The molecule has 0 amide bonds. The molecule has 0 saturated carbocycles. The normalized spacial score (nSPS) is 1.60. The second-order valence-electron chi connectivity index (χ2n) is 0.125. The van der Waals surface area contributed by atoms with Crippen LogP contribution in [0.15, 0.2) is 0 Å². The molecule has 0 bridgehead atoms. The van der Waals surface area contributed by atoms with Gasteiger partial charge in [-0.15, -0.1) is 0 Å². The van der Waals surface area contributed by atoms with Crippen molar-refractivity contribution < 1.29 is 4.70 Å². The Labute approximate surface area is 30.2 Å². The van der Waals surface area contributed by atoms with E-state index < -0.39 is 0 Å². The van der Waals surface area contributed by atoms with E-state index in [0.29, 0.717) is 0 Å². The molecule has 0 unspecified atom stereocenters. The Morgan fingerprint density at radius 2 is 1.20 bits per heavy atom. The highest BCUT2D eigenvalue weighted by Gasteiger charge is 0.934. The van der Waals surface area contributed by atoms with E-state index in [0.717, 1.165) is 0 Å². The Morgan fingerprint density at radius 3 is 1.20 bits per heavy atom. The molecule has 0 heterocycles. The van der Waals surface area contributed by atoms with Gasteiger partial charge in [-0.25, -0.2) is 10.8 Å². The molecule has 0 saturated heterocycles. The fourth-order valence-corrected chi connectivity index (χ4v) is 0. The van der Waals surface area contributed by atoms with E-state index in [4.69, 9.17) is 10.8 Å². The molecule has 0 aliphatic heterocycles. The van der Waals surface area contributed by atoms with Crippen LogP contribution in [0.25, 0.3) is 0 Å². The third-order valence-electron chi connectivity index (χ3n) is 0. The monoisotopic (exact) mass is 78.1 g/mol. The van der Waals surface area contributed by atoms with Crippen LogP contribution in [0.2, 0.25) is 0 Å². The smallest absolute Gasteiger partial charge is 0.0831 e. The average Bonchev–Trinajstić information content (AvgIpc) is 0.918. The van der Waals surface area contributed by atoms with Gasteiger partial charge in [-0.2, -0.15) is 0 Å². The molecule has 32 valence electrons. The molecular weight excluding hydrogens is 71.0 g/mol. The van der Waals surface area contributed by atoms with E-state index in [2.05, 4.69) is 0 Å². The van der Waals surface area contributed by atoms with E-state index in [1.165, 1.54) is 6.01 Å². The third-order valence-corrected chi connectivity index (χ3v) is 0. The summed E-state index contributed by atoms with van der Waals surface area (Å²) >= 11 is 0. The molecule has 0 spiro atoms. The van der Waals surface area contributed by atoms with Gasteiger partial charge < -0.3 is 0 Å². The van der Waals surface area contributed by atoms with E-state index >= 15 is 0 Å². The molecule has 2 nitrogen and oxygen atoms in total. The van der Waals surface area contributed by atoms with E-state index in [1.54, 1.807) is 0 Å². The van der Waals surface area contributed by atoms with Crippen LogP contribution >= 0.6 is 0 Å². The summed E-state index contributed by atoms with van der Waals surface area (Å²) in [5, 5.41) is 11.2. The van der Waals surface area contributed by atoms with Crippen LogP contribution in [-0.2, 0) is 0 Å². The molecule has 0 fully saturated rings. The number of nitrogens with one attached hydrogen (secondary N) is 2. The Balaban J connectivity index is -0.0000000200. The van der Waals surface area contributed by atoms with Crippen molar-refractivity contribution in [2.75, 3.05) is 0 Å². The molecule has 0 rings (SSSR count). The van der Waals surface area contributed by atoms with Gasteiger partial charge in [0.15, 0.2) is 0 Å². The van der Waals surface area contributed by atoms with Crippen molar-refractivity contribution in [1.29, 1.82) is 10.8 Å². The number of hydrogen-bond acceptors (Lipinski definition) is 2. The lowest BCUT2D eigenvalue weighted by molar-refractivity contribution is 1.11. The zero-order valence-corrected chi connectivity index (χ0v) is 1.91. The van der Waals surface area contributed by atoms with Crippen LogP contribution in [0.3, 0.4) is 0 Å². The van der Waals surface area contributed by atoms with Gasteiger partial charge in [-0.1, -0.05) is 7.43 Å². The number of halogens is 1. The molecule has 0 aromatic heterocycles. The predicted octanol–water partition coefficient (Wildman–Crippen LogP) is 1.11. The first-order valence-electron chi connectivity index (χ1n) is 0.500. The summed E-state index contributed by atoms with van der Waals surface area (Å²) in [6.07, 6.45) is 0. The summed E-state index contributed by atoms with van der Waals surface area (Å²) in [5.74, 6) is 0. The van der Waals surface area contributed by atoms with Crippen LogP contribution < -0.4 is 0 Å². The van der Waals surface area contributed by atoms with Gasteiger partial charge in [0.05, 0.1) is 6.01 Å². The predicted molar refractivity (Wildman–Crippen MR) is 19.7 cm³/mol. The van der Waals surface area contributed by atoms with Gasteiger partial charge in [-0.3, -0.25) is 4.70 Å². The highest BCUT2D eigenvalue weighted by Crippen LogP contribution is 0.920. The summed E-state index contributed by atoms with van der Waals surface area (Å²) in [6, 6.07) is 1.25. The third kappa shape index (κ3) is 11.9. The highest BCUT2D eigenvalue weighted by molar-refractivity contribution is 5.29. The zero-order valence-electron chi connectivity index (χ0n) is 1.91. The first-order valence-corrected chi connectivity index (χ1v) is 0.500. The van der Waals surface area contributed by atoms with Crippen molar-refractivity contribution in [3.63, 3.8) is 0 Å². The quantitative estimate of drug-likeness (QED) is 0.408. The molecule has 0 aromatic rings. The summed E-state index contributed by atoms with van der Waals surface area (Å²) in [4.78, 5) is 0. The minimum atomic E-state index is 0. The number of hydrogen-bond donors (Lipinski definition) is 2. The molecule has 0 aliphatic carbocycles. The molecule has 0 atom stereocenters. The molecule has 0 radical (unpaired) electrons. The van der Waals surface area contributed by atoms with Crippen molar-refractivity contribution in [1.82, 2.24) is 0 Å². The van der Waals surface area contributed by atoms with E-state index in [-0.39, 0.29) is 12.1 Å². The van der Waals surface area contributed by atoms with Gasteiger partial charge in [0.25, 0.3) is 0 Å². The fraction of sp³-hybridized carbons (Fsp3) is 0.500. The Bertz CT molecular complexity index is 28.6. The second-order valence-corrected chi connectivity index (χ2v) is 0.125. The second kappa shape index (κ2) is 184. The Hall–Kier alpha value is -0.690. The highest BCUT2D eigenvalue weighted by atomic mass is 19.0. The Kier molecular flexibility index (Phi) is 1010. The maximum Gasteiger partial charge on any atom is 0.0831 e. The van der Waals surface area contributed by atoms with Crippen molar-refractivity contribution in [3.05, 3.63) is 0 Å². The number of rotatable bonds is 0.